The maximum atomic E-state index is 5.81. The Labute approximate surface area is 163 Å². The van der Waals surface area contributed by atoms with Gasteiger partial charge in [0.2, 0.25) is 0 Å². The minimum atomic E-state index is 0.132. The van der Waals surface area contributed by atoms with Crippen LogP contribution in [-0.2, 0) is 0 Å². The fraction of sp³-hybridized carbons (Fsp3) is 0.150. The molecule has 0 spiro atoms. The number of aryl methyl sites for hydroxylation is 1. The Morgan fingerprint density at radius 3 is 2.44 bits per heavy atom. The van der Waals surface area contributed by atoms with Crippen molar-refractivity contribution in [3.8, 4) is 0 Å². The third-order valence-corrected chi connectivity index (χ3v) is 5.49. The van der Waals surface area contributed by atoms with E-state index in [4.69, 9.17) is 9.52 Å². The Kier molecular flexibility index (Phi) is 4.52. The monoisotopic (exact) mass is 458 g/mol. The molecule has 2 aromatic carbocycles. The summed E-state index contributed by atoms with van der Waals surface area (Å²) < 4.78 is 7.91. The third kappa shape index (κ3) is 3.31. The molecule has 2 heterocycles. The van der Waals surface area contributed by atoms with Gasteiger partial charge in [0.25, 0.3) is 0 Å². The SMILES string of the molecule is Cc1ccc(C2=NN(c3ccccc3Br)C(c3ccc(Br)cc3)C2)o1. The molecule has 0 saturated heterocycles. The molecule has 0 aliphatic carbocycles. The first-order chi connectivity index (χ1) is 12.1. The molecule has 1 unspecified atom stereocenters. The molecule has 0 bridgehead atoms. The van der Waals surface area contributed by atoms with Gasteiger partial charge in [-0.1, -0.05) is 40.2 Å². The summed E-state index contributed by atoms with van der Waals surface area (Å²) >= 11 is 7.17. The van der Waals surface area contributed by atoms with Crippen molar-refractivity contribution in [1.82, 2.24) is 0 Å². The van der Waals surface area contributed by atoms with Crippen LogP contribution >= 0.6 is 31.9 Å². The maximum absolute atomic E-state index is 5.81. The highest BCUT2D eigenvalue weighted by Gasteiger charge is 2.32. The molecule has 3 aromatic rings. The molecule has 3 nitrogen and oxygen atoms in total. The number of hydrogen-bond acceptors (Lipinski definition) is 3. The van der Waals surface area contributed by atoms with Crippen LogP contribution in [0.3, 0.4) is 0 Å². The molecule has 0 saturated carbocycles. The lowest BCUT2D eigenvalue weighted by Gasteiger charge is -2.25. The number of furan rings is 1. The van der Waals surface area contributed by atoms with E-state index in [0.717, 1.165) is 38.3 Å². The first kappa shape index (κ1) is 16.6. The summed E-state index contributed by atoms with van der Waals surface area (Å²) in [5.74, 6) is 1.74. The van der Waals surface area contributed by atoms with E-state index in [9.17, 15) is 0 Å². The summed E-state index contributed by atoms with van der Waals surface area (Å²) in [4.78, 5) is 0. The van der Waals surface area contributed by atoms with Crippen LogP contribution < -0.4 is 5.01 Å². The van der Waals surface area contributed by atoms with Crippen LogP contribution in [0.2, 0.25) is 0 Å². The Balaban J connectivity index is 1.77. The van der Waals surface area contributed by atoms with Crippen LogP contribution in [0.25, 0.3) is 0 Å². The van der Waals surface area contributed by atoms with E-state index in [1.807, 2.05) is 37.3 Å². The van der Waals surface area contributed by atoms with E-state index in [2.05, 4.69) is 67.2 Å². The van der Waals surface area contributed by atoms with Crippen molar-refractivity contribution in [2.75, 3.05) is 5.01 Å². The summed E-state index contributed by atoms with van der Waals surface area (Å²) in [6, 6.07) is 20.7. The fourth-order valence-electron chi connectivity index (χ4n) is 3.05. The number of nitrogens with zero attached hydrogens (tertiary/aromatic N) is 2. The Hall–Kier alpha value is -1.85. The number of halogens is 2. The molecule has 0 amide bonds. The van der Waals surface area contributed by atoms with Crippen LogP contribution in [0.4, 0.5) is 5.69 Å². The molecule has 4 rings (SSSR count). The van der Waals surface area contributed by atoms with Gasteiger partial charge in [0, 0.05) is 15.4 Å². The molecule has 5 heteroatoms. The molecular weight excluding hydrogens is 444 g/mol. The predicted molar refractivity (Wildman–Crippen MR) is 108 cm³/mol. The van der Waals surface area contributed by atoms with Gasteiger partial charge in [0.1, 0.15) is 17.2 Å². The average Bonchev–Trinajstić information content (AvgIpc) is 3.22. The van der Waals surface area contributed by atoms with Crippen LogP contribution in [0.5, 0.6) is 0 Å². The highest BCUT2D eigenvalue weighted by Crippen LogP contribution is 2.40. The molecule has 25 heavy (non-hydrogen) atoms. The van der Waals surface area contributed by atoms with Gasteiger partial charge in [-0.25, -0.2) is 0 Å². The highest BCUT2D eigenvalue weighted by molar-refractivity contribution is 9.10. The maximum Gasteiger partial charge on any atom is 0.150 e. The van der Waals surface area contributed by atoms with Crippen LogP contribution in [0.1, 0.15) is 29.5 Å². The Morgan fingerprint density at radius 1 is 1.00 bits per heavy atom. The smallest absolute Gasteiger partial charge is 0.150 e. The second kappa shape index (κ2) is 6.81. The minimum Gasteiger partial charge on any atom is -0.460 e. The zero-order valence-corrected chi connectivity index (χ0v) is 16.8. The predicted octanol–water partition coefficient (Wildman–Crippen LogP) is 6.47. The molecule has 126 valence electrons. The normalized spacial score (nSPS) is 17.0. The van der Waals surface area contributed by atoms with Crippen molar-refractivity contribution < 1.29 is 4.42 Å². The standard InChI is InChI=1S/C20H16Br2N2O/c1-13-6-11-20(25-13)17-12-19(14-7-9-15(21)10-8-14)24(23-17)18-5-3-2-4-16(18)22/h2-11,19H,12H2,1H3. The second-order valence-electron chi connectivity index (χ2n) is 6.02. The van der Waals surface area contributed by atoms with Gasteiger partial charge in [0.05, 0.1) is 11.7 Å². The highest BCUT2D eigenvalue weighted by atomic mass is 79.9. The summed E-state index contributed by atoms with van der Waals surface area (Å²) in [5.41, 5.74) is 3.24. The number of benzene rings is 2. The molecule has 0 fully saturated rings. The number of rotatable bonds is 3. The van der Waals surface area contributed by atoms with Crippen molar-refractivity contribution >= 4 is 43.3 Å². The number of para-hydroxylation sites is 1. The first-order valence-electron chi connectivity index (χ1n) is 8.05. The largest absolute Gasteiger partial charge is 0.460 e. The lowest BCUT2D eigenvalue weighted by Crippen LogP contribution is -2.18. The van der Waals surface area contributed by atoms with Gasteiger partial charge in [-0.15, -0.1) is 0 Å². The zero-order chi connectivity index (χ0) is 17.4. The Morgan fingerprint density at radius 2 is 1.76 bits per heavy atom. The number of hydrogen-bond donors (Lipinski definition) is 0. The molecule has 1 aliphatic rings. The van der Waals surface area contributed by atoms with Gasteiger partial charge in [-0.05, 0) is 64.8 Å². The summed E-state index contributed by atoms with van der Waals surface area (Å²) in [5, 5.41) is 6.98. The number of hydrazone groups is 1. The lowest BCUT2D eigenvalue weighted by atomic mass is 10.0. The van der Waals surface area contributed by atoms with E-state index in [-0.39, 0.29) is 6.04 Å². The van der Waals surface area contributed by atoms with E-state index in [1.54, 1.807) is 0 Å². The number of anilines is 1. The summed E-state index contributed by atoms with van der Waals surface area (Å²) in [6.45, 7) is 1.96. The third-order valence-electron chi connectivity index (χ3n) is 4.29. The van der Waals surface area contributed by atoms with Crippen molar-refractivity contribution in [3.05, 3.63) is 86.7 Å². The van der Waals surface area contributed by atoms with Crippen LogP contribution in [0, 0.1) is 6.92 Å². The first-order valence-corrected chi connectivity index (χ1v) is 9.64. The lowest BCUT2D eigenvalue weighted by molar-refractivity contribution is 0.524. The van der Waals surface area contributed by atoms with E-state index in [1.165, 1.54) is 5.56 Å². The van der Waals surface area contributed by atoms with Gasteiger partial charge < -0.3 is 4.42 Å². The van der Waals surface area contributed by atoms with E-state index >= 15 is 0 Å². The topological polar surface area (TPSA) is 28.7 Å². The van der Waals surface area contributed by atoms with Gasteiger partial charge in [-0.2, -0.15) is 5.10 Å². The molecule has 1 aliphatic heterocycles. The molecule has 0 N–H and O–H groups in total. The quantitative estimate of drug-likeness (QED) is 0.449. The fourth-order valence-corrected chi connectivity index (χ4v) is 3.78. The molecule has 1 aromatic heterocycles. The van der Waals surface area contributed by atoms with Gasteiger partial charge >= 0.3 is 0 Å². The van der Waals surface area contributed by atoms with Gasteiger partial charge in [-0.3, -0.25) is 5.01 Å². The summed E-state index contributed by atoms with van der Waals surface area (Å²) in [6.07, 6.45) is 0.802. The van der Waals surface area contributed by atoms with Crippen molar-refractivity contribution in [3.63, 3.8) is 0 Å². The molecule has 1 atom stereocenters. The zero-order valence-electron chi connectivity index (χ0n) is 13.6. The molecule has 0 radical (unpaired) electrons. The minimum absolute atomic E-state index is 0.132. The van der Waals surface area contributed by atoms with Crippen LogP contribution in [-0.4, -0.2) is 5.71 Å². The summed E-state index contributed by atoms with van der Waals surface area (Å²) in [7, 11) is 0. The van der Waals surface area contributed by atoms with Crippen molar-refractivity contribution in [2.24, 2.45) is 5.10 Å². The van der Waals surface area contributed by atoms with Crippen molar-refractivity contribution in [2.45, 2.75) is 19.4 Å². The Bertz CT molecular complexity index is 931. The molecular formula is C20H16Br2N2O. The van der Waals surface area contributed by atoms with E-state index < -0.39 is 0 Å². The average molecular weight is 460 g/mol. The second-order valence-corrected chi connectivity index (χ2v) is 7.79. The van der Waals surface area contributed by atoms with Crippen molar-refractivity contribution in [1.29, 1.82) is 0 Å². The van der Waals surface area contributed by atoms with Gasteiger partial charge in [0.15, 0.2) is 0 Å². The van der Waals surface area contributed by atoms with E-state index in [0.29, 0.717) is 0 Å². The van der Waals surface area contributed by atoms with Crippen LogP contribution in [0.15, 0.2) is 79.1 Å².